The number of carbonyl (C=O) groups is 1. The minimum Gasteiger partial charge on any atom is -0.326 e. The Morgan fingerprint density at radius 2 is 1.83 bits per heavy atom. The normalized spacial score (nSPS) is 32.3. The van der Waals surface area contributed by atoms with E-state index in [9.17, 15) is 13.2 Å². The van der Waals surface area contributed by atoms with Gasteiger partial charge in [-0.25, -0.2) is 22.8 Å². The van der Waals surface area contributed by atoms with E-state index in [1.807, 2.05) is 4.68 Å². The van der Waals surface area contributed by atoms with Crippen LogP contribution >= 0.6 is 15.9 Å². The fourth-order valence-electron chi connectivity index (χ4n) is 6.32. The minimum absolute atomic E-state index is 0.0318. The van der Waals surface area contributed by atoms with E-state index in [1.165, 1.54) is 25.6 Å². The van der Waals surface area contributed by atoms with Gasteiger partial charge in [0.15, 0.2) is 0 Å². The van der Waals surface area contributed by atoms with Crippen LogP contribution in [0.3, 0.4) is 0 Å². The quantitative estimate of drug-likeness (QED) is 0.665. The predicted octanol–water partition coefficient (Wildman–Crippen LogP) is 2.88. The third-order valence-electron chi connectivity index (χ3n) is 7.15. The van der Waals surface area contributed by atoms with Crippen molar-refractivity contribution in [2.45, 2.75) is 49.0 Å². The van der Waals surface area contributed by atoms with Crippen molar-refractivity contribution in [3.05, 3.63) is 35.3 Å². The van der Waals surface area contributed by atoms with Crippen molar-refractivity contribution in [2.75, 3.05) is 12.4 Å². The smallest absolute Gasteiger partial charge is 0.240 e. The van der Waals surface area contributed by atoms with E-state index in [4.69, 9.17) is 0 Å². The molecule has 0 spiro atoms. The SMILES string of the molecule is CNS(=O)(=O)c1ccc(NC(=O)C23CC4CC(C2)CC(n2cnc(Br)n2)(C4)C3)cc1. The molecule has 4 saturated carbocycles. The van der Waals surface area contributed by atoms with Crippen molar-refractivity contribution >= 4 is 37.5 Å². The fraction of sp³-hybridized carbons (Fsp3) is 0.550. The van der Waals surface area contributed by atoms with Crippen LogP contribution in [0, 0.1) is 17.3 Å². The van der Waals surface area contributed by atoms with Crippen LogP contribution in [-0.2, 0) is 20.4 Å². The molecule has 10 heteroatoms. The topological polar surface area (TPSA) is 106 Å². The lowest BCUT2D eigenvalue weighted by atomic mass is 9.46. The van der Waals surface area contributed by atoms with Gasteiger partial charge in [-0.3, -0.25) is 4.79 Å². The van der Waals surface area contributed by atoms with Crippen LogP contribution in [0.25, 0.3) is 0 Å². The van der Waals surface area contributed by atoms with Crippen molar-refractivity contribution in [2.24, 2.45) is 17.3 Å². The lowest BCUT2D eigenvalue weighted by molar-refractivity contribution is -0.150. The molecule has 1 amide bonds. The number of carbonyl (C=O) groups excluding carboxylic acids is 1. The fourth-order valence-corrected chi connectivity index (χ4v) is 7.31. The molecule has 4 aliphatic rings. The molecule has 160 valence electrons. The second kappa shape index (κ2) is 6.86. The molecule has 2 atom stereocenters. The summed E-state index contributed by atoms with van der Waals surface area (Å²) >= 11 is 3.35. The predicted molar refractivity (Wildman–Crippen MR) is 114 cm³/mol. The number of nitrogens with one attached hydrogen (secondary N) is 2. The van der Waals surface area contributed by atoms with Gasteiger partial charge in [0.25, 0.3) is 0 Å². The van der Waals surface area contributed by atoms with E-state index in [1.54, 1.807) is 18.5 Å². The molecular formula is C20H24BrN5O3S. The summed E-state index contributed by atoms with van der Waals surface area (Å²) in [5.41, 5.74) is 0.0481. The second-order valence-electron chi connectivity index (χ2n) is 9.11. The molecule has 4 aliphatic carbocycles. The van der Waals surface area contributed by atoms with E-state index in [-0.39, 0.29) is 16.3 Å². The molecule has 6 rings (SSSR count). The first-order valence-corrected chi connectivity index (χ1v) is 12.4. The van der Waals surface area contributed by atoms with Crippen molar-refractivity contribution < 1.29 is 13.2 Å². The largest absolute Gasteiger partial charge is 0.326 e. The second-order valence-corrected chi connectivity index (χ2v) is 11.7. The zero-order valence-corrected chi connectivity index (χ0v) is 19.0. The molecule has 2 N–H and O–H groups in total. The summed E-state index contributed by atoms with van der Waals surface area (Å²) in [5.74, 6) is 1.07. The van der Waals surface area contributed by atoms with Gasteiger partial charge in [-0.05, 0) is 97.6 Å². The van der Waals surface area contributed by atoms with E-state index < -0.39 is 15.4 Å². The van der Waals surface area contributed by atoms with Crippen molar-refractivity contribution in [1.29, 1.82) is 0 Å². The molecule has 4 fully saturated rings. The van der Waals surface area contributed by atoms with Gasteiger partial charge in [0.1, 0.15) is 6.33 Å². The van der Waals surface area contributed by atoms with Gasteiger partial charge in [0.05, 0.1) is 15.8 Å². The van der Waals surface area contributed by atoms with Crippen LogP contribution in [0.1, 0.15) is 38.5 Å². The van der Waals surface area contributed by atoms with Gasteiger partial charge in [0.2, 0.25) is 20.7 Å². The van der Waals surface area contributed by atoms with E-state index in [0.29, 0.717) is 22.3 Å². The first-order chi connectivity index (χ1) is 14.2. The first kappa shape index (κ1) is 20.1. The maximum atomic E-state index is 13.5. The number of hydrogen-bond donors (Lipinski definition) is 2. The molecule has 0 aliphatic heterocycles. The van der Waals surface area contributed by atoms with Crippen molar-refractivity contribution in [3.8, 4) is 0 Å². The van der Waals surface area contributed by atoms with Crippen LogP contribution in [0.2, 0.25) is 0 Å². The summed E-state index contributed by atoms with van der Waals surface area (Å²) in [7, 11) is -2.12. The molecule has 1 aromatic carbocycles. The van der Waals surface area contributed by atoms with Gasteiger partial charge in [-0.1, -0.05) is 0 Å². The highest BCUT2D eigenvalue weighted by Gasteiger charge is 2.61. The Bertz CT molecular complexity index is 1080. The summed E-state index contributed by atoms with van der Waals surface area (Å²) < 4.78 is 28.7. The van der Waals surface area contributed by atoms with Crippen LogP contribution in [0.4, 0.5) is 5.69 Å². The average molecular weight is 494 g/mol. The Kier molecular flexibility index (Phi) is 4.61. The Morgan fingerprint density at radius 3 is 2.40 bits per heavy atom. The van der Waals surface area contributed by atoms with Crippen molar-refractivity contribution in [1.82, 2.24) is 19.5 Å². The summed E-state index contributed by atoms with van der Waals surface area (Å²) in [6.07, 6.45) is 7.63. The Morgan fingerprint density at radius 1 is 1.17 bits per heavy atom. The average Bonchev–Trinajstić information content (AvgIpc) is 3.15. The summed E-state index contributed by atoms with van der Waals surface area (Å²) in [6, 6.07) is 6.31. The summed E-state index contributed by atoms with van der Waals surface area (Å²) in [5, 5.41) is 7.60. The highest BCUT2D eigenvalue weighted by Crippen LogP contribution is 2.64. The van der Waals surface area contributed by atoms with E-state index in [2.05, 4.69) is 36.1 Å². The molecule has 2 unspecified atom stereocenters. The van der Waals surface area contributed by atoms with Gasteiger partial charge < -0.3 is 5.32 Å². The number of benzene rings is 1. The van der Waals surface area contributed by atoms with Gasteiger partial charge >= 0.3 is 0 Å². The monoisotopic (exact) mass is 493 g/mol. The summed E-state index contributed by atoms with van der Waals surface area (Å²) in [6.45, 7) is 0. The van der Waals surface area contributed by atoms with E-state index >= 15 is 0 Å². The molecular weight excluding hydrogens is 470 g/mol. The van der Waals surface area contributed by atoms with Gasteiger partial charge in [-0.15, -0.1) is 5.10 Å². The Hall–Kier alpha value is -1.78. The first-order valence-electron chi connectivity index (χ1n) is 10.2. The maximum Gasteiger partial charge on any atom is 0.240 e. The Labute approximate surface area is 184 Å². The molecule has 8 nitrogen and oxygen atoms in total. The highest BCUT2D eigenvalue weighted by atomic mass is 79.9. The maximum absolute atomic E-state index is 13.5. The van der Waals surface area contributed by atoms with Gasteiger partial charge in [0, 0.05) is 5.69 Å². The number of nitrogens with zero attached hydrogens (tertiary/aromatic N) is 3. The number of hydrogen-bond acceptors (Lipinski definition) is 5. The zero-order chi connectivity index (χ0) is 21.1. The van der Waals surface area contributed by atoms with Crippen molar-refractivity contribution in [3.63, 3.8) is 0 Å². The number of aromatic nitrogens is 3. The summed E-state index contributed by atoms with van der Waals surface area (Å²) in [4.78, 5) is 17.9. The van der Waals surface area contributed by atoms with Gasteiger partial charge in [-0.2, -0.15) is 0 Å². The molecule has 30 heavy (non-hydrogen) atoms. The highest BCUT2D eigenvalue weighted by molar-refractivity contribution is 9.10. The van der Waals surface area contributed by atoms with Crippen LogP contribution < -0.4 is 10.0 Å². The molecule has 1 aromatic heterocycles. The molecule has 0 radical (unpaired) electrons. The number of rotatable bonds is 5. The zero-order valence-electron chi connectivity index (χ0n) is 16.6. The number of halogens is 1. The number of anilines is 1. The lowest BCUT2D eigenvalue weighted by Gasteiger charge is -2.60. The lowest BCUT2D eigenvalue weighted by Crippen LogP contribution is -2.60. The molecule has 4 bridgehead atoms. The van der Waals surface area contributed by atoms with Crippen LogP contribution in [0.15, 0.2) is 40.2 Å². The van der Waals surface area contributed by atoms with Crippen LogP contribution in [-0.4, -0.2) is 36.1 Å². The number of amides is 1. The molecule has 0 saturated heterocycles. The Balaban J connectivity index is 1.40. The third kappa shape index (κ3) is 3.20. The minimum atomic E-state index is -3.50. The van der Waals surface area contributed by atoms with Crippen LogP contribution in [0.5, 0.6) is 0 Å². The third-order valence-corrected chi connectivity index (χ3v) is 8.95. The molecule has 2 aromatic rings. The van der Waals surface area contributed by atoms with E-state index in [0.717, 1.165) is 32.1 Å². The molecule has 1 heterocycles. The standard InChI is InChI=1S/C20H24BrN5O3S/c1-22-30(28,29)16-4-2-15(3-5-16)24-17(27)19-7-13-6-14(8-19)10-20(9-13,11-19)26-12-23-18(21)25-26/h2-5,12-14,22H,6-11H2,1H3,(H,24,27). The number of sulfonamides is 1.